The molecule has 0 heterocycles. The summed E-state index contributed by atoms with van der Waals surface area (Å²) in [6, 6.07) is 4.90. The number of rotatable bonds is 11. The van der Waals surface area contributed by atoms with Crippen molar-refractivity contribution in [3.05, 3.63) is 35.4 Å². The van der Waals surface area contributed by atoms with Crippen LogP contribution in [0.4, 0.5) is 8.78 Å². The molecule has 23 heavy (non-hydrogen) atoms. The molecule has 0 saturated heterocycles. The predicted molar refractivity (Wildman–Crippen MR) is 89.3 cm³/mol. The van der Waals surface area contributed by atoms with E-state index in [1.165, 1.54) is 12.1 Å². The number of unbranched alkanes of at least 4 members (excludes halogenated alkanes) is 3. The van der Waals surface area contributed by atoms with Gasteiger partial charge in [0, 0.05) is 26.4 Å². The van der Waals surface area contributed by atoms with E-state index in [-0.39, 0.29) is 6.10 Å². The summed E-state index contributed by atoms with van der Waals surface area (Å²) in [6.07, 6.45) is 4.82. The Kier molecular flexibility index (Phi) is 8.90. The number of aryl methyl sites for hydroxylation is 1. The highest BCUT2D eigenvalue weighted by atomic mass is 28.4. The smallest absolute Gasteiger partial charge is 0.377 e. The molecule has 0 amide bonds. The van der Waals surface area contributed by atoms with E-state index < -0.39 is 20.4 Å². The summed E-state index contributed by atoms with van der Waals surface area (Å²) in [6.45, 7) is 3.95. The van der Waals surface area contributed by atoms with Gasteiger partial charge in [-0.3, -0.25) is 0 Å². The van der Waals surface area contributed by atoms with Crippen LogP contribution in [0.5, 0.6) is 0 Å². The highest BCUT2D eigenvalue weighted by Crippen LogP contribution is 2.21. The molecule has 0 saturated carbocycles. The zero-order valence-corrected chi connectivity index (χ0v) is 15.5. The molecule has 1 rings (SSSR count). The van der Waals surface area contributed by atoms with Gasteiger partial charge in [-0.05, 0) is 50.8 Å². The highest BCUT2D eigenvalue weighted by molar-refractivity contribution is 6.60. The van der Waals surface area contributed by atoms with Crippen molar-refractivity contribution in [2.45, 2.75) is 58.1 Å². The summed E-state index contributed by atoms with van der Waals surface area (Å²) < 4.78 is 42.8. The van der Waals surface area contributed by atoms with Crippen LogP contribution in [0.25, 0.3) is 0 Å². The average Bonchev–Trinajstić information content (AvgIpc) is 2.52. The van der Waals surface area contributed by atoms with E-state index in [4.69, 9.17) is 13.3 Å². The highest BCUT2D eigenvalue weighted by Gasteiger charge is 2.39. The quantitative estimate of drug-likeness (QED) is 0.428. The molecule has 0 atom stereocenters. The van der Waals surface area contributed by atoms with E-state index in [9.17, 15) is 8.78 Å². The molecule has 1 aromatic rings. The van der Waals surface area contributed by atoms with Gasteiger partial charge >= 0.3 is 8.80 Å². The van der Waals surface area contributed by atoms with Crippen molar-refractivity contribution in [2.24, 2.45) is 0 Å². The third-order valence-corrected chi connectivity index (χ3v) is 6.76. The van der Waals surface area contributed by atoms with E-state index in [2.05, 4.69) is 0 Å². The van der Waals surface area contributed by atoms with Crippen LogP contribution < -0.4 is 0 Å². The normalized spacial score (nSPS) is 12.1. The van der Waals surface area contributed by atoms with E-state index in [0.29, 0.717) is 0 Å². The molecule has 0 aromatic heterocycles. The van der Waals surface area contributed by atoms with Gasteiger partial charge in [0.25, 0.3) is 0 Å². The van der Waals surface area contributed by atoms with Crippen molar-refractivity contribution in [3.8, 4) is 0 Å². The molecule has 0 aliphatic heterocycles. The molecule has 3 nitrogen and oxygen atoms in total. The first-order valence-electron chi connectivity index (χ1n) is 8.14. The van der Waals surface area contributed by atoms with Gasteiger partial charge in [-0.15, -0.1) is 0 Å². The van der Waals surface area contributed by atoms with Crippen molar-refractivity contribution in [1.29, 1.82) is 0 Å². The number of hydrogen-bond donors (Lipinski definition) is 0. The summed E-state index contributed by atoms with van der Waals surface area (Å²) in [4.78, 5) is 0. The topological polar surface area (TPSA) is 27.7 Å². The SMILES string of the molecule is CO[Si](CCCCCCc1ccc(F)c(F)c1)(OC)OC(C)C. The number of benzene rings is 1. The molecule has 0 aliphatic carbocycles. The van der Waals surface area contributed by atoms with E-state index in [0.717, 1.165) is 43.7 Å². The Morgan fingerprint density at radius 2 is 1.61 bits per heavy atom. The van der Waals surface area contributed by atoms with Crippen LogP contribution in [0, 0.1) is 11.6 Å². The van der Waals surface area contributed by atoms with Gasteiger partial charge in [0.1, 0.15) is 0 Å². The van der Waals surface area contributed by atoms with Crippen LogP contribution in [0.15, 0.2) is 18.2 Å². The molecule has 0 bridgehead atoms. The Labute approximate surface area is 139 Å². The van der Waals surface area contributed by atoms with Gasteiger partial charge in [0.15, 0.2) is 11.6 Å². The summed E-state index contributed by atoms with van der Waals surface area (Å²) in [5.74, 6) is -1.57. The lowest BCUT2D eigenvalue weighted by Gasteiger charge is -2.28. The standard InChI is InChI=1S/C17H28F2O3Si/c1-14(2)22-23(20-3,21-4)12-8-6-5-7-9-15-10-11-16(18)17(19)13-15/h10-11,13-14H,5-9,12H2,1-4H3. The first kappa shape index (κ1) is 20.2. The summed E-state index contributed by atoms with van der Waals surface area (Å²) >= 11 is 0. The predicted octanol–water partition coefficient (Wildman–Crippen LogP) is 4.72. The van der Waals surface area contributed by atoms with Crippen molar-refractivity contribution >= 4 is 8.80 Å². The van der Waals surface area contributed by atoms with Crippen molar-refractivity contribution < 1.29 is 22.1 Å². The lowest BCUT2D eigenvalue weighted by atomic mass is 10.1. The first-order chi connectivity index (χ1) is 10.9. The molecule has 0 spiro atoms. The van der Waals surface area contributed by atoms with Crippen molar-refractivity contribution in [2.75, 3.05) is 14.2 Å². The second-order valence-corrected chi connectivity index (χ2v) is 8.84. The van der Waals surface area contributed by atoms with Gasteiger partial charge in [-0.1, -0.05) is 18.9 Å². The van der Waals surface area contributed by atoms with Crippen LogP contribution in [-0.2, 0) is 19.7 Å². The molecule has 0 N–H and O–H groups in total. The van der Waals surface area contributed by atoms with Gasteiger partial charge in [-0.25, -0.2) is 8.78 Å². The molecule has 1 aromatic carbocycles. The molecule has 0 radical (unpaired) electrons. The molecule has 132 valence electrons. The molecule has 0 unspecified atom stereocenters. The van der Waals surface area contributed by atoms with Crippen LogP contribution in [-0.4, -0.2) is 29.1 Å². The van der Waals surface area contributed by atoms with Gasteiger partial charge in [-0.2, -0.15) is 0 Å². The number of halogens is 2. The fraction of sp³-hybridized carbons (Fsp3) is 0.647. The van der Waals surface area contributed by atoms with E-state index in [1.807, 2.05) is 13.8 Å². The largest absolute Gasteiger partial charge is 0.500 e. The van der Waals surface area contributed by atoms with E-state index >= 15 is 0 Å². The molecule has 0 aliphatic rings. The Morgan fingerprint density at radius 1 is 0.957 bits per heavy atom. The second-order valence-electron chi connectivity index (χ2n) is 5.92. The Bertz CT molecular complexity index is 465. The minimum atomic E-state index is -2.54. The summed E-state index contributed by atoms with van der Waals surface area (Å²) in [5.41, 5.74) is 0.838. The maximum Gasteiger partial charge on any atom is 0.500 e. The molecule has 0 fully saturated rings. The first-order valence-corrected chi connectivity index (χ1v) is 10.1. The number of hydrogen-bond acceptors (Lipinski definition) is 3. The third kappa shape index (κ3) is 7.08. The Morgan fingerprint density at radius 3 is 2.17 bits per heavy atom. The summed E-state index contributed by atoms with van der Waals surface area (Å²) in [7, 11) is 0.744. The lowest BCUT2D eigenvalue weighted by molar-refractivity contribution is 0.0693. The van der Waals surface area contributed by atoms with Crippen LogP contribution in [0.2, 0.25) is 6.04 Å². The lowest BCUT2D eigenvalue weighted by Crippen LogP contribution is -2.45. The average molecular weight is 346 g/mol. The van der Waals surface area contributed by atoms with Gasteiger partial charge < -0.3 is 13.3 Å². The fourth-order valence-electron chi connectivity index (χ4n) is 2.52. The van der Waals surface area contributed by atoms with Crippen LogP contribution >= 0.6 is 0 Å². The molecular weight excluding hydrogens is 318 g/mol. The van der Waals surface area contributed by atoms with Gasteiger partial charge in [0.2, 0.25) is 0 Å². The van der Waals surface area contributed by atoms with Crippen molar-refractivity contribution in [1.82, 2.24) is 0 Å². The Balaban J connectivity index is 2.27. The minimum absolute atomic E-state index is 0.0786. The Hall–Kier alpha value is -0.823. The van der Waals surface area contributed by atoms with Crippen LogP contribution in [0.1, 0.15) is 45.1 Å². The molecule has 6 heteroatoms. The second kappa shape index (κ2) is 10.1. The van der Waals surface area contributed by atoms with Crippen molar-refractivity contribution in [3.63, 3.8) is 0 Å². The summed E-state index contributed by atoms with van der Waals surface area (Å²) in [5, 5.41) is 0. The minimum Gasteiger partial charge on any atom is -0.377 e. The molecular formula is C17H28F2O3Si. The zero-order chi connectivity index (χ0) is 17.3. The third-order valence-electron chi connectivity index (χ3n) is 3.72. The monoisotopic (exact) mass is 346 g/mol. The van der Waals surface area contributed by atoms with E-state index in [1.54, 1.807) is 20.3 Å². The van der Waals surface area contributed by atoms with Gasteiger partial charge in [0.05, 0.1) is 0 Å². The van der Waals surface area contributed by atoms with Crippen LogP contribution in [0.3, 0.4) is 0 Å². The maximum atomic E-state index is 13.1. The fourth-order valence-corrected chi connectivity index (χ4v) is 4.81. The maximum absolute atomic E-state index is 13.1. The zero-order valence-electron chi connectivity index (χ0n) is 14.5.